The Labute approximate surface area is 121 Å². The lowest BCUT2D eigenvalue weighted by atomic mass is 10.0. The highest BCUT2D eigenvalue weighted by Gasteiger charge is 2.06. The lowest BCUT2D eigenvalue weighted by molar-refractivity contribution is 0.302. The molecule has 0 unspecified atom stereocenters. The first-order chi connectivity index (χ1) is 9.60. The minimum Gasteiger partial charge on any atom is -0.488 e. The fourth-order valence-electron chi connectivity index (χ4n) is 2.42. The minimum atomic E-state index is 0.609. The van der Waals surface area contributed by atoms with Gasteiger partial charge in [0.25, 0.3) is 0 Å². The van der Waals surface area contributed by atoms with Gasteiger partial charge in [-0.2, -0.15) is 0 Å². The van der Waals surface area contributed by atoms with Gasteiger partial charge in [-0.05, 0) is 56.0 Å². The number of hydrogen-bond donors (Lipinski definition) is 1. The quantitative estimate of drug-likeness (QED) is 0.898. The van der Waals surface area contributed by atoms with E-state index in [1.54, 1.807) is 0 Å². The van der Waals surface area contributed by atoms with Gasteiger partial charge in [-0.25, -0.2) is 0 Å². The molecule has 2 rings (SSSR count). The predicted molar refractivity (Wildman–Crippen MR) is 84.2 cm³/mol. The highest BCUT2D eigenvalue weighted by atomic mass is 16.5. The van der Waals surface area contributed by atoms with Crippen molar-refractivity contribution < 1.29 is 4.74 Å². The number of rotatable bonds is 5. The van der Waals surface area contributed by atoms with Crippen molar-refractivity contribution in [1.29, 1.82) is 0 Å². The second-order valence-electron chi connectivity index (χ2n) is 5.37. The summed E-state index contributed by atoms with van der Waals surface area (Å²) in [5.41, 5.74) is 11.7. The van der Waals surface area contributed by atoms with Crippen molar-refractivity contribution in [1.82, 2.24) is 0 Å². The second kappa shape index (κ2) is 6.58. The fraction of sp³-hybridized carbons (Fsp3) is 0.333. The van der Waals surface area contributed by atoms with E-state index in [4.69, 9.17) is 10.5 Å². The third-order valence-electron chi connectivity index (χ3n) is 3.46. The largest absolute Gasteiger partial charge is 0.488 e. The monoisotopic (exact) mass is 269 g/mol. The van der Waals surface area contributed by atoms with E-state index in [-0.39, 0.29) is 0 Å². The van der Waals surface area contributed by atoms with Gasteiger partial charge in [-0.15, -0.1) is 0 Å². The highest BCUT2D eigenvalue weighted by molar-refractivity contribution is 5.43. The van der Waals surface area contributed by atoms with Gasteiger partial charge in [0.15, 0.2) is 0 Å². The first-order valence-electron chi connectivity index (χ1n) is 7.08. The number of hydrogen-bond acceptors (Lipinski definition) is 2. The van der Waals surface area contributed by atoms with E-state index in [0.29, 0.717) is 13.2 Å². The fourth-order valence-corrected chi connectivity index (χ4v) is 2.42. The molecule has 2 N–H and O–H groups in total. The zero-order chi connectivity index (χ0) is 14.5. The lowest BCUT2D eigenvalue weighted by Crippen LogP contribution is -2.05. The standard InChI is InChI=1S/C18H23NO/c1-13-4-6-16(7-5-13)12-20-18-14(2)10-17(8-9-19)11-15(18)3/h4-7,10-11H,8-9,12,19H2,1-3H3. The van der Waals surface area contributed by atoms with Gasteiger partial charge in [0.2, 0.25) is 0 Å². The number of benzene rings is 2. The molecule has 0 heterocycles. The van der Waals surface area contributed by atoms with Crippen LogP contribution >= 0.6 is 0 Å². The Hall–Kier alpha value is -1.80. The van der Waals surface area contributed by atoms with E-state index in [1.165, 1.54) is 27.8 Å². The summed E-state index contributed by atoms with van der Waals surface area (Å²) < 4.78 is 6.00. The Morgan fingerprint density at radius 1 is 0.900 bits per heavy atom. The molecule has 0 atom stereocenters. The van der Waals surface area contributed by atoms with E-state index in [2.05, 4.69) is 57.2 Å². The number of nitrogens with two attached hydrogens (primary N) is 1. The van der Waals surface area contributed by atoms with Crippen molar-refractivity contribution in [2.45, 2.75) is 33.8 Å². The van der Waals surface area contributed by atoms with Gasteiger partial charge in [-0.3, -0.25) is 0 Å². The smallest absolute Gasteiger partial charge is 0.125 e. The summed E-state index contributed by atoms with van der Waals surface area (Å²) in [4.78, 5) is 0. The number of aryl methyl sites for hydroxylation is 3. The van der Waals surface area contributed by atoms with Crippen molar-refractivity contribution in [2.24, 2.45) is 5.73 Å². The Morgan fingerprint density at radius 3 is 2.05 bits per heavy atom. The summed E-state index contributed by atoms with van der Waals surface area (Å²) in [5.74, 6) is 0.992. The Kier molecular flexibility index (Phi) is 4.80. The molecule has 2 aromatic carbocycles. The zero-order valence-corrected chi connectivity index (χ0v) is 12.6. The first kappa shape index (κ1) is 14.6. The van der Waals surface area contributed by atoms with Crippen LogP contribution in [-0.2, 0) is 13.0 Å². The summed E-state index contributed by atoms with van der Waals surface area (Å²) >= 11 is 0. The summed E-state index contributed by atoms with van der Waals surface area (Å²) in [6.07, 6.45) is 0.917. The lowest BCUT2D eigenvalue weighted by Gasteiger charge is -2.14. The van der Waals surface area contributed by atoms with E-state index < -0.39 is 0 Å². The van der Waals surface area contributed by atoms with Crippen LogP contribution in [0.15, 0.2) is 36.4 Å². The molecule has 0 bridgehead atoms. The van der Waals surface area contributed by atoms with Gasteiger partial charge < -0.3 is 10.5 Å². The maximum atomic E-state index is 6.00. The Morgan fingerprint density at radius 2 is 1.50 bits per heavy atom. The van der Waals surface area contributed by atoms with Gasteiger partial charge in [0.05, 0.1) is 0 Å². The molecule has 106 valence electrons. The zero-order valence-electron chi connectivity index (χ0n) is 12.6. The average Bonchev–Trinajstić information content (AvgIpc) is 2.40. The molecular weight excluding hydrogens is 246 g/mol. The molecule has 0 saturated heterocycles. The van der Waals surface area contributed by atoms with Crippen LogP contribution in [0, 0.1) is 20.8 Å². The molecule has 2 heteroatoms. The maximum absolute atomic E-state index is 6.00. The van der Waals surface area contributed by atoms with Crippen LogP contribution in [0.5, 0.6) is 5.75 Å². The van der Waals surface area contributed by atoms with E-state index >= 15 is 0 Å². The molecular formula is C18H23NO. The molecule has 0 spiro atoms. The summed E-state index contributed by atoms with van der Waals surface area (Å²) in [7, 11) is 0. The molecule has 2 aromatic rings. The maximum Gasteiger partial charge on any atom is 0.125 e. The second-order valence-corrected chi connectivity index (χ2v) is 5.37. The Bertz CT molecular complexity index is 549. The third-order valence-corrected chi connectivity index (χ3v) is 3.46. The summed E-state index contributed by atoms with van der Waals surface area (Å²) in [6, 6.07) is 12.8. The van der Waals surface area contributed by atoms with Gasteiger partial charge >= 0.3 is 0 Å². The molecule has 20 heavy (non-hydrogen) atoms. The summed E-state index contributed by atoms with van der Waals surface area (Å²) in [6.45, 7) is 7.57. The molecule has 0 aliphatic heterocycles. The van der Waals surface area contributed by atoms with E-state index in [0.717, 1.165) is 12.2 Å². The van der Waals surface area contributed by atoms with Crippen LogP contribution in [0.2, 0.25) is 0 Å². The van der Waals surface area contributed by atoms with Crippen LogP contribution in [0.1, 0.15) is 27.8 Å². The molecule has 0 aromatic heterocycles. The minimum absolute atomic E-state index is 0.609. The van der Waals surface area contributed by atoms with E-state index in [1.807, 2.05) is 0 Å². The van der Waals surface area contributed by atoms with Crippen LogP contribution in [0.3, 0.4) is 0 Å². The van der Waals surface area contributed by atoms with Crippen molar-refractivity contribution in [3.63, 3.8) is 0 Å². The SMILES string of the molecule is Cc1ccc(COc2c(C)cc(CCN)cc2C)cc1. The molecule has 0 aliphatic rings. The molecule has 0 aliphatic carbocycles. The Balaban J connectivity index is 2.11. The van der Waals surface area contributed by atoms with Crippen LogP contribution in [0.25, 0.3) is 0 Å². The predicted octanol–water partition coefficient (Wildman–Crippen LogP) is 3.69. The number of ether oxygens (including phenoxy) is 1. The van der Waals surface area contributed by atoms with Crippen LogP contribution in [-0.4, -0.2) is 6.54 Å². The van der Waals surface area contributed by atoms with Crippen LogP contribution in [0.4, 0.5) is 0 Å². The molecule has 0 amide bonds. The van der Waals surface area contributed by atoms with Crippen molar-refractivity contribution in [3.8, 4) is 5.75 Å². The van der Waals surface area contributed by atoms with Gasteiger partial charge in [0.1, 0.15) is 12.4 Å². The van der Waals surface area contributed by atoms with Gasteiger partial charge in [0, 0.05) is 0 Å². The van der Waals surface area contributed by atoms with Gasteiger partial charge in [-0.1, -0.05) is 42.0 Å². The average molecular weight is 269 g/mol. The molecule has 0 radical (unpaired) electrons. The van der Waals surface area contributed by atoms with Crippen molar-refractivity contribution in [3.05, 3.63) is 64.2 Å². The van der Waals surface area contributed by atoms with Crippen molar-refractivity contribution in [2.75, 3.05) is 6.54 Å². The van der Waals surface area contributed by atoms with Crippen molar-refractivity contribution >= 4 is 0 Å². The normalized spacial score (nSPS) is 10.6. The third kappa shape index (κ3) is 3.61. The topological polar surface area (TPSA) is 35.2 Å². The van der Waals surface area contributed by atoms with E-state index in [9.17, 15) is 0 Å². The first-order valence-corrected chi connectivity index (χ1v) is 7.08. The summed E-state index contributed by atoms with van der Waals surface area (Å²) in [5, 5.41) is 0. The molecule has 2 nitrogen and oxygen atoms in total. The highest BCUT2D eigenvalue weighted by Crippen LogP contribution is 2.26. The van der Waals surface area contributed by atoms with Crippen LogP contribution < -0.4 is 10.5 Å². The molecule has 0 fully saturated rings. The molecule has 0 saturated carbocycles.